The maximum Gasteiger partial charge on any atom is 0.204 e. The average Bonchev–Trinajstić information content (AvgIpc) is 3.74. The Balaban J connectivity index is 1.42. The monoisotopic (exact) mass is 516 g/mol. The molecule has 190 valence electrons. The molecule has 0 saturated heterocycles. The van der Waals surface area contributed by atoms with Crippen molar-refractivity contribution in [3.05, 3.63) is 146 Å². The van der Waals surface area contributed by atoms with E-state index in [4.69, 9.17) is 8.83 Å². The summed E-state index contributed by atoms with van der Waals surface area (Å²) in [5.74, 6) is 1.55. The smallest absolute Gasteiger partial charge is 0.204 e. The Labute approximate surface area is 231 Å². The average molecular weight is 517 g/mol. The van der Waals surface area contributed by atoms with Gasteiger partial charge in [0.05, 0.1) is 23.9 Å². The van der Waals surface area contributed by atoms with E-state index >= 15 is 0 Å². The van der Waals surface area contributed by atoms with Gasteiger partial charge >= 0.3 is 0 Å². The van der Waals surface area contributed by atoms with Gasteiger partial charge in [0.25, 0.3) is 0 Å². The third-order valence-electron chi connectivity index (χ3n) is 7.58. The summed E-state index contributed by atoms with van der Waals surface area (Å²) in [5.41, 5.74) is 4.22. The zero-order valence-electron chi connectivity index (χ0n) is 21.6. The van der Waals surface area contributed by atoms with Crippen LogP contribution in [0, 0.1) is 0 Å². The Bertz CT molecular complexity index is 1900. The Hall–Kier alpha value is -5.48. The summed E-state index contributed by atoms with van der Waals surface area (Å²) in [5, 5.41) is 7.19. The number of furan rings is 2. The summed E-state index contributed by atoms with van der Waals surface area (Å²) >= 11 is 0. The molecule has 0 spiro atoms. The Morgan fingerprint density at radius 3 is 1.20 bits per heavy atom. The number of hydrogen-bond donors (Lipinski definition) is 0. The number of benzene rings is 6. The molecule has 0 bridgehead atoms. The molecule has 0 radical (unpaired) electrons. The van der Waals surface area contributed by atoms with Crippen LogP contribution >= 0.6 is 0 Å². The van der Waals surface area contributed by atoms with Crippen molar-refractivity contribution < 1.29 is 8.83 Å². The number of nitrogens with zero attached hydrogens (tertiary/aromatic N) is 2. The van der Waals surface area contributed by atoms with Crippen LogP contribution in [0.4, 0.5) is 34.5 Å². The maximum absolute atomic E-state index is 5.94. The highest BCUT2D eigenvalue weighted by Crippen LogP contribution is 2.47. The molecule has 4 heteroatoms. The van der Waals surface area contributed by atoms with E-state index in [1.54, 1.807) is 12.5 Å². The molecule has 40 heavy (non-hydrogen) atoms. The molecule has 0 aliphatic carbocycles. The maximum atomic E-state index is 5.94. The van der Waals surface area contributed by atoms with Crippen molar-refractivity contribution in [1.82, 2.24) is 0 Å². The molecule has 0 saturated carbocycles. The molecule has 0 fully saturated rings. The highest BCUT2D eigenvalue weighted by Gasteiger charge is 2.22. The molecule has 0 N–H and O–H groups in total. The predicted molar refractivity (Wildman–Crippen MR) is 164 cm³/mol. The zero-order chi connectivity index (χ0) is 26.5. The van der Waals surface area contributed by atoms with E-state index in [0.717, 1.165) is 45.3 Å². The normalized spacial score (nSPS) is 11.5. The molecule has 2 heterocycles. The summed E-state index contributed by atoms with van der Waals surface area (Å²) in [4.78, 5) is 4.37. The summed E-state index contributed by atoms with van der Waals surface area (Å²) < 4.78 is 11.9. The Kier molecular flexibility index (Phi) is 5.10. The molecule has 0 aliphatic heterocycles. The summed E-state index contributed by atoms with van der Waals surface area (Å²) in [6.07, 6.45) is 3.45. The van der Waals surface area contributed by atoms with Crippen LogP contribution in [0.5, 0.6) is 0 Å². The van der Waals surface area contributed by atoms with Gasteiger partial charge in [0.2, 0.25) is 11.8 Å². The first-order valence-corrected chi connectivity index (χ1v) is 13.3. The van der Waals surface area contributed by atoms with Crippen LogP contribution in [-0.4, -0.2) is 0 Å². The van der Waals surface area contributed by atoms with Crippen molar-refractivity contribution in [3.8, 4) is 0 Å². The largest absolute Gasteiger partial charge is 0.448 e. The summed E-state index contributed by atoms with van der Waals surface area (Å²) in [6, 6.07) is 46.3. The van der Waals surface area contributed by atoms with Crippen molar-refractivity contribution >= 4 is 66.8 Å². The van der Waals surface area contributed by atoms with Crippen molar-refractivity contribution in [1.29, 1.82) is 0 Å². The fourth-order valence-electron chi connectivity index (χ4n) is 5.88. The molecule has 4 nitrogen and oxygen atoms in total. The minimum absolute atomic E-state index is 0.773. The van der Waals surface area contributed by atoms with Crippen LogP contribution in [0.15, 0.2) is 155 Å². The molecule has 8 aromatic rings. The van der Waals surface area contributed by atoms with Crippen molar-refractivity contribution in [3.63, 3.8) is 0 Å². The van der Waals surface area contributed by atoms with Crippen molar-refractivity contribution in [2.75, 3.05) is 9.80 Å². The van der Waals surface area contributed by atoms with Gasteiger partial charge < -0.3 is 8.83 Å². The molecule has 8 rings (SSSR count). The van der Waals surface area contributed by atoms with E-state index in [1.807, 2.05) is 36.4 Å². The topological polar surface area (TPSA) is 32.8 Å². The molecule has 0 aliphatic rings. The van der Waals surface area contributed by atoms with Gasteiger partial charge in [-0.15, -0.1) is 0 Å². The lowest BCUT2D eigenvalue weighted by atomic mass is 9.92. The van der Waals surface area contributed by atoms with Crippen LogP contribution in [0.2, 0.25) is 0 Å². The van der Waals surface area contributed by atoms with Gasteiger partial charge in [0.1, 0.15) is 0 Å². The van der Waals surface area contributed by atoms with Crippen LogP contribution < -0.4 is 9.80 Å². The number of hydrogen-bond acceptors (Lipinski definition) is 4. The van der Waals surface area contributed by atoms with E-state index < -0.39 is 0 Å². The third kappa shape index (κ3) is 3.47. The van der Waals surface area contributed by atoms with E-state index in [-0.39, 0.29) is 0 Å². The minimum atomic E-state index is 0.773. The highest BCUT2D eigenvalue weighted by atomic mass is 16.3. The second-order valence-electron chi connectivity index (χ2n) is 9.84. The molecular weight excluding hydrogens is 492 g/mol. The van der Waals surface area contributed by atoms with E-state index in [1.165, 1.54) is 21.5 Å². The van der Waals surface area contributed by atoms with Gasteiger partial charge in [-0.05, 0) is 70.1 Å². The highest BCUT2D eigenvalue weighted by molar-refractivity contribution is 6.28. The van der Waals surface area contributed by atoms with Crippen LogP contribution in [0.3, 0.4) is 0 Å². The minimum Gasteiger partial charge on any atom is -0.448 e. The molecule has 0 amide bonds. The lowest BCUT2D eigenvalue weighted by Gasteiger charge is -2.27. The molecular formula is C36H24N2O2. The molecule has 2 aromatic heterocycles. The number of anilines is 6. The van der Waals surface area contributed by atoms with Gasteiger partial charge in [0.15, 0.2) is 0 Å². The lowest BCUT2D eigenvalue weighted by molar-refractivity contribution is 0.574. The fraction of sp³-hybridized carbons (Fsp3) is 0. The van der Waals surface area contributed by atoms with Gasteiger partial charge in [-0.3, -0.25) is 9.80 Å². The first-order chi connectivity index (χ1) is 19.9. The van der Waals surface area contributed by atoms with Gasteiger partial charge in [-0.25, -0.2) is 0 Å². The second kappa shape index (κ2) is 9.07. The van der Waals surface area contributed by atoms with E-state index in [9.17, 15) is 0 Å². The molecule has 0 atom stereocenters. The molecule has 6 aromatic carbocycles. The SMILES string of the molecule is c1ccc(N(c2ccco2)c2ccc3ccc4c(N(c5ccccc5)c5ccco5)ccc5ccc2c3c54)cc1. The third-order valence-corrected chi connectivity index (χ3v) is 7.58. The van der Waals surface area contributed by atoms with E-state index in [0.29, 0.717) is 0 Å². The van der Waals surface area contributed by atoms with Crippen molar-refractivity contribution in [2.24, 2.45) is 0 Å². The first-order valence-electron chi connectivity index (χ1n) is 13.3. The summed E-state index contributed by atoms with van der Waals surface area (Å²) in [7, 11) is 0. The van der Waals surface area contributed by atoms with Crippen LogP contribution in [0.1, 0.15) is 0 Å². The quantitative estimate of drug-likeness (QED) is 0.206. The second-order valence-corrected chi connectivity index (χ2v) is 9.84. The Morgan fingerprint density at radius 1 is 0.375 bits per heavy atom. The fourth-order valence-corrected chi connectivity index (χ4v) is 5.88. The summed E-state index contributed by atoms with van der Waals surface area (Å²) in [6.45, 7) is 0. The number of para-hydroxylation sites is 2. The first kappa shape index (κ1) is 22.5. The Morgan fingerprint density at radius 2 is 0.800 bits per heavy atom. The van der Waals surface area contributed by atoms with Gasteiger partial charge in [-0.1, -0.05) is 72.8 Å². The van der Waals surface area contributed by atoms with Crippen LogP contribution in [0.25, 0.3) is 32.3 Å². The van der Waals surface area contributed by atoms with E-state index in [2.05, 4.69) is 107 Å². The predicted octanol–water partition coefficient (Wildman–Crippen LogP) is 10.7. The van der Waals surface area contributed by atoms with Gasteiger partial charge in [-0.2, -0.15) is 0 Å². The number of rotatable bonds is 6. The van der Waals surface area contributed by atoms with Crippen molar-refractivity contribution in [2.45, 2.75) is 0 Å². The lowest BCUT2D eigenvalue weighted by Crippen LogP contribution is -2.10. The van der Waals surface area contributed by atoms with Crippen LogP contribution in [-0.2, 0) is 0 Å². The molecule has 0 unspecified atom stereocenters. The zero-order valence-corrected chi connectivity index (χ0v) is 21.6. The van der Waals surface area contributed by atoms with Gasteiger partial charge in [0, 0.05) is 34.3 Å². The standard InChI is InChI=1S/C36H24N2O2/c1-3-9-27(10-4-1)37(33-13-7-23-39-33)31-21-17-25-16-20-30-32(22-18-26-15-19-29(31)35(25)36(26)30)38(34-14-8-24-40-34)28-11-5-2-6-12-28/h1-24H.